The Morgan fingerprint density at radius 2 is 2.14 bits per heavy atom. The first kappa shape index (κ1) is 8.72. The molecule has 2 saturated carbocycles. The average Bonchev–Trinajstić information content (AvgIpc) is 2.81. The molecule has 2 bridgehead atoms. The fourth-order valence-electron chi connectivity index (χ4n) is 3.25. The zero-order chi connectivity index (χ0) is 9.71. The Morgan fingerprint density at radius 1 is 1.29 bits per heavy atom. The van der Waals surface area contributed by atoms with Crippen LogP contribution in [0.2, 0.25) is 5.28 Å². The fourth-order valence-corrected chi connectivity index (χ4v) is 3.53. The number of aryl methyl sites for hydroxylation is 1. The van der Waals surface area contributed by atoms with Crippen LogP contribution in [0.5, 0.6) is 0 Å². The summed E-state index contributed by atoms with van der Waals surface area (Å²) in [7, 11) is 0. The molecule has 1 aromatic heterocycles. The van der Waals surface area contributed by atoms with E-state index in [2.05, 4.69) is 14.8 Å². The smallest absolute Gasteiger partial charge is 0.225 e. The average molecular weight is 212 g/mol. The van der Waals surface area contributed by atoms with Crippen molar-refractivity contribution in [2.45, 2.75) is 38.6 Å². The van der Waals surface area contributed by atoms with Crippen LogP contribution in [0.15, 0.2) is 0 Å². The Hall–Kier alpha value is -0.570. The van der Waals surface area contributed by atoms with Crippen LogP contribution < -0.4 is 0 Å². The summed E-state index contributed by atoms with van der Waals surface area (Å²) < 4.78 is 2.13. The molecule has 3 rings (SSSR count). The van der Waals surface area contributed by atoms with Crippen LogP contribution in [0.4, 0.5) is 0 Å². The Labute approximate surface area is 88.5 Å². The second kappa shape index (κ2) is 2.96. The Bertz CT molecular complexity index is 341. The van der Waals surface area contributed by atoms with E-state index >= 15 is 0 Å². The van der Waals surface area contributed by atoms with Crippen LogP contribution in [0.3, 0.4) is 0 Å². The van der Waals surface area contributed by atoms with Gasteiger partial charge in [0, 0.05) is 6.04 Å². The molecule has 3 nitrogen and oxygen atoms in total. The maximum Gasteiger partial charge on any atom is 0.225 e. The molecule has 0 N–H and O–H groups in total. The molecular weight excluding hydrogens is 198 g/mol. The molecule has 4 heteroatoms. The van der Waals surface area contributed by atoms with Crippen LogP contribution in [0, 0.1) is 18.8 Å². The van der Waals surface area contributed by atoms with Gasteiger partial charge in [0.15, 0.2) is 0 Å². The lowest BCUT2D eigenvalue weighted by Crippen LogP contribution is -2.17. The van der Waals surface area contributed by atoms with Crippen molar-refractivity contribution < 1.29 is 0 Å². The second-order valence-corrected chi connectivity index (χ2v) is 4.97. The minimum absolute atomic E-state index is 0.569. The Morgan fingerprint density at radius 3 is 2.64 bits per heavy atom. The van der Waals surface area contributed by atoms with E-state index in [0.29, 0.717) is 11.3 Å². The third kappa shape index (κ3) is 1.11. The summed E-state index contributed by atoms with van der Waals surface area (Å²) in [6, 6.07) is 0.580. The SMILES string of the molecule is Cc1nnc(Cl)n1C1CC2CCC1C2. The minimum atomic E-state index is 0.569. The quantitative estimate of drug-likeness (QED) is 0.715. The van der Waals surface area contributed by atoms with E-state index in [9.17, 15) is 0 Å². The third-order valence-corrected chi connectivity index (χ3v) is 4.11. The summed E-state index contributed by atoms with van der Waals surface area (Å²) in [6.45, 7) is 1.99. The van der Waals surface area contributed by atoms with Gasteiger partial charge in [-0.3, -0.25) is 4.57 Å². The molecule has 1 aromatic rings. The molecule has 3 atom stereocenters. The predicted molar refractivity (Wildman–Crippen MR) is 54.3 cm³/mol. The number of fused-ring (bicyclic) bond motifs is 2. The highest BCUT2D eigenvalue weighted by atomic mass is 35.5. The van der Waals surface area contributed by atoms with Gasteiger partial charge in [0.25, 0.3) is 0 Å². The number of hydrogen-bond donors (Lipinski definition) is 0. The first-order chi connectivity index (χ1) is 6.75. The summed E-state index contributed by atoms with van der Waals surface area (Å²) in [6.07, 6.45) is 5.45. The largest absolute Gasteiger partial charge is 0.299 e. The van der Waals surface area contributed by atoms with Crippen LogP contribution in [-0.2, 0) is 0 Å². The minimum Gasteiger partial charge on any atom is -0.299 e. The first-order valence-electron chi connectivity index (χ1n) is 5.32. The van der Waals surface area contributed by atoms with Gasteiger partial charge >= 0.3 is 0 Å². The van der Waals surface area contributed by atoms with Gasteiger partial charge in [-0.2, -0.15) is 0 Å². The van der Waals surface area contributed by atoms with Crippen LogP contribution in [0.25, 0.3) is 0 Å². The van der Waals surface area contributed by atoms with Crippen molar-refractivity contribution in [1.82, 2.24) is 14.8 Å². The molecule has 2 fully saturated rings. The van der Waals surface area contributed by atoms with E-state index in [4.69, 9.17) is 11.6 Å². The molecular formula is C10H14ClN3. The fraction of sp³-hybridized carbons (Fsp3) is 0.800. The van der Waals surface area contributed by atoms with E-state index in [-0.39, 0.29) is 0 Å². The Balaban J connectivity index is 1.96. The first-order valence-corrected chi connectivity index (χ1v) is 5.70. The molecule has 14 heavy (non-hydrogen) atoms. The van der Waals surface area contributed by atoms with Gasteiger partial charge in [-0.05, 0) is 49.6 Å². The molecule has 1 heterocycles. The number of rotatable bonds is 1. The molecule has 0 spiro atoms. The molecule has 2 aliphatic carbocycles. The molecule has 76 valence electrons. The van der Waals surface area contributed by atoms with Gasteiger partial charge in [0.1, 0.15) is 5.82 Å². The lowest BCUT2D eigenvalue weighted by molar-refractivity contribution is 0.325. The highest BCUT2D eigenvalue weighted by Crippen LogP contribution is 2.51. The summed E-state index contributed by atoms with van der Waals surface area (Å²) in [5, 5.41) is 8.52. The summed E-state index contributed by atoms with van der Waals surface area (Å²) >= 11 is 6.05. The molecule has 0 aromatic carbocycles. The summed E-state index contributed by atoms with van der Waals surface area (Å²) in [5.41, 5.74) is 0. The van der Waals surface area contributed by atoms with E-state index in [1.165, 1.54) is 25.7 Å². The Kier molecular flexibility index (Phi) is 1.84. The molecule has 0 radical (unpaired) electrons. The van der Waals surface area contributed by atoms with Gasteiger partial charge < -0.3 is 0 Å². The summed E-state index contributed by atoms with van der Waals surface area (Å²) in [4.78, 5) is 0. The van der Waals surface area contributed by atoms with Crippen molar-refractivity contribution >= 4 is 11.6 Å². The maximum atomic E-state index is 6.05. The van der Waals surface area contributed by atoms with Gasteiger partial charge in [-0.1, -0.05) is 6.42 Å². The topological polar surface area (TPSA) is 30.7 Å². The van der Waals surface area contributed by atoms with E-state index < -0.39 is 0 Å². The number of halogens is 1. The van der Waals surface area contributed by atoms with Crippen LogP contribution >= 0.6 is 11.6 Å². The lowest BCUT2D eigenvalue weighted by Gasteiger charge is -2.24. The molecule has 0 aliphatic heterocycles. The van der Waals surface area contributed by atoms with E-state index in [1.807, 2.05) is 6.92 Å². The lowest BCUT2D eigenvalue weighted by atomic mass is 9.95. The highest BCUT2D eigenvalue weighted by molar-refractivity contribution is 6.28. The zero-order valence-electron chi connectivity index (χ0n) is 8.28. The van der Waals surface area contributed by atoms with E-state index in [0.717, 1.165) is 17.7 Å². The number of nitrogens with zero attached hydrogens (tertiary/aromatic N) is 3. The molecule has 0 saturated heterocycles. The molecule has 2 aliphatic rings. The van der Waals surface area contributed by atoms with Crippen LogP contribution in [0.1, 0.15) is 37.5 Å². The van der Waals surface area contributed by atoms with E-state index in [1.54, 1.807) is 0 Å². The normalized spacial score (nSPS) is 35.4. The second-order valence-electron chi connectivity index (χ2n) is 4.63. The van der Waals surface area contributed by atoms with Gasteiger partial charge in [-0.25, -0.2) is 0 Å². The van der Waals surface area contributed by atoms with Crippen molar-refractivity contribution in [1.29, 1.82) is 0 Å². The standard InChI is InChI=1S/C10H14ClN3/c1-6-12-13-10(11)14(6)9-5-7-2-3-8(9)4-7/h7-9H,2-5H2,1H3. The highest BCUT2D eigenvalue weighted by Gasteiger charge is 2.41. The van der Waals surface area contributed by atoms with Crippen LogP contribution in [-0.4, -0.2) is 14.8 Å². The summed E-state index contributed by atoms with van der Waals surface area (Å²) in [5.74, 6) is 2.72. The van der Waals surface area contributed by atoms with Gasteiger partial charge in [-0.15, -0.1) is 10.2 Å². The molecule has 3 unspecified atom stereocenters. The molecule has 0 amide bonds. The third-order valence-electron chi connectivity index (χ3n) is 3.86. The number of hydrogen-bond acceptors (Lipinski definition) is 2. The zero-order valence-corrected chi connectivity index (χ0v) is 9.04. The predicted octanol–water partition coefficient (Wildman–Crippen LogP) is 2.60. The van der Waals surface area contributed by atoms with Crippen molar-refractivity contribution in [3.05, 3.63) is 11.1 Å². The van der Waals surface area contributed by atoms with Crippen molar-refractivity contribution in [3.8, 4) is 0 Å². The van der Waals surface area contributed by atoms with Gasteiger partial charge in [0.2, 0.25) is 5.28 Å². The maximum absolute atomic E-state index is 6.05. The van der Waals surface area contributed by atoms with Crippen molar-refractivity contribution in [2.24, 2.45) is 11.8 Å². The van der Waals surface area contributed by atoms with Crippen molar-refractivity contribution in [3.63, 3.8) is 0 Å². The monoisotopic (exact) mass is 211 g/mol. The van der Waals surface area contributed by atoms with Gasteiger partial charge in [0.05, 0.1) is 0 Å². The van der Waals surface area contributed by atoms with Crippen molar-refractivity contribution in [2.75, 3.05) is 0 Å². The number of aromatic nitrogens is 3.